The monoisotopic (exact) mass is 906 g/mol. The number of carbonyl (C=O) groups is 3. The summed E-state index contributed by atoms with van der Waals surface area (Å²) in [6.45, 7) is 4.41. The van der Waals surface area contributed by atoms with Crippen molar-refractivity contribution in [3.05, 3.63) is 97.2 Å². The van der Waals surface area contributed by atoms with Crippen LogP contribution in [0.4, 0.5) is 0 Å². The Kier molecular flexibility index (Phi) is 44.1. The van der Waals surface area contributed by atoms with Crippen LogP contribution in [0.2, 0.25) is 0 Å². The summed E-state index contributed by atoms with van der Waals surface area (Å²) in [5.41, 5.74) is 0. The summed E-state index contributed by atoms with van der Waals surface area (Å²) in [4.78, 5) is 37.1. The smallest absolute Gasteiger partial charge is 0.306 e. The van der Waals surface area contributed by atoms with E-state index in [0.29, 0.717) is 6.42 Å². The third-order valence-corrected chi connectivity index (χ3v) is 11.0. The first kappa shape index (κ1) is 61.2. The van der Waals surface area contributed by atoms with Gasteiger partial charge in [-0.2, -0.15) is 0 Å². The highest BCUT2D eigenvalue weighted by Gasteiger charge is 2.25. The number of rotatable bonds is 45. The summed E-state index contributed by atoms with van der Waals surface area (Å²) >= 11 is 0. The van der Waals surface area contributed by atoms with E-state index in [1.54, 1.807) is 21.1 Å². The van der Waals surface area contributed by atoms with Gasteiger partial charge in [-0.15, -0.1) is 0 Å². The van der Waals surface area contributed by atoms with Crippen LogP contribution in [-0.4, -0.2) is 75.5 Å². The zero-order valence-electron chi connectivity index (χ0n) is 42.1. The molecule has 0 aromatic heterocycles. The number of nitrogens with zero attached hydrogens (tertiary/aromatic N) is 1. The molecule has 0 radical (unpaired) electrons. The van der Waals surface area contributed by atoms with Gasteiger partial charge in [0.2, 0.25) is 0 Å². The molecule has 8 heteroatoms. The third-order valence-electron chi connectivity index (χ3n) is 11.0. The molecule has 0 aromatic rings. The van der Waals surface area contributed by atoms with E-state index in [4.69, 9.17) is 14.2 Å². The Labute approximate surface area is 398 Å². The molecule has 0 rings (SSSR count). The zero-order chi connectivity index (χ0) is 47.7. The number of carbonyl (C=O) groups excluding carboxylic acids is 3. The molecule has 0 aliphatic rings. The molecule has 0 aliphatic heterocycles. The zero-order valence-corrected chi connectivity index (χ0v) is 42.1. The highest BCUT2D eigenvalue weighted by atomic mass is 16.6. The lowest BCUT2D eigenvalue weighted by atomic mass is 10.0. The van der Waals surface area contributed by atoms with Gasteiger partial charge in [-0.1, -0.05) is 182 Å². The first-order valence-electron chi connectivity index (χ1n) is 25.8. The second-order valence-corrected chi connectivity index (χ2v) is 18.0. The van der Waals surface area contributed by atoms with Gasteiger partial charge in [-0.05, 0) is 89.9 Å². The lowest BCUT2D eigenvalue weighted by Gasteiger charge is -2.34. The maximum atomic E-state index is 12.8. The van der Waals surface area contributed by atoms with Crippen LogP contribution in [0.1, 0.15) is 194 Å². The Bertz CT molecular complexity index is 1380. The molecule has 0 N–H and O–H groups in total. The molecule has 0 heterocycles. The Morgan fingerprint density at radius 2 is 0.815 bits per heavy atom. The number of ether oxygens (including phenoxy) is 3. The number of esters is 2. The number of quaternary nitrogens is 1. The molecule has 0 spiro atoms. The molecule has 0 saturated heterocycles. The van der Waals surface area contributed by atoms with Crippen molar-refractivity contribution in [1.29, 1.82) is 0 Å². The second kappa shape index (κ2) is 46.8. The minimum absolute atomic E-state index is 0.0241. The lowest BCUT2D eigenvalue weighted by molar-refractivity contribution is -0.889. The molecule has 8 nitrogen and oxygen atoms in total. The normalized spacial score (nSPS) is 13.7. The van der Waals surface area contributed by atoms with E-state index < -0.39 is 18.1 Å². The van der Waals surface area contributed by atoms with Crippen molar-refractivity contribution >= 4 is 17.9 Å². The Morgan fingerprint density at radius 3 is 1.20 bits per heavy atom. The Morgan fingerprint density at radius 1 is 0.462 bits per heavy atom. The van der Waals surface area contributed by atoms with Crippen LogP contribution >= 0.6 is 0 Å². The molecule has 0 fully saturated rings. The summed E-state index contributed by atoms with van der Waals surface area (Å²) in [6, 6.07) is -0.737. The largest absolute Gasteiger partial charge is 0.544 e. The SMILES string of the molecule is CC/C=C/C/C=C/C/C=C/C/C=C/C/C=C/CCCCCCC(=O)OC(COCCC(C(=O)[O-])[N+](C)(C)C)COC(=O)CCCCCCCCCCCCC/C=C/C/C=C/C/C=C/CC. The van der Waals surface area contributed by atoms with Crippen LogP contribution in [0.3, 0.4) is 0 Å². The molecular formula is C57H95NO7. The Balaban J connectivity index is 4.31. The average Bonchev–Trinajstić information content (AvgIpc) is 3.27. The van der Waals surface area contributed by atoms with Crippen LogP contribution < -0.4 is 5.11 Å². The second-order valence-electron chi connectivity index (χ2n) is 18.0. The lowest BCUT2D eigenvalue weighted by Crippen LogP contribution is -2.55. The van der Waals surface area contributed by atoms with Crippen LogP contribution in [-0.2, 0) is 28.6 Å². The van der Waals surface area contributed by atoms with Gasteiger partial charge in [0.15, 0.2) is 6.10 Å². The van der Waals surface area contributed by atoms with Gasteiger partial charge in [-0.25, -0.2) is 0 Å². The van der Waals surface area contributed by atoms with E-state index in [2.05, 4.69) is 111 Å². The molecular weight excluding hydrogens is 811 g/mol. The fourth-order valence-electron chi connectivity index (χ4n) is 7.05. The molecule has 65 heavy (non-hydrogen) atoms. The summed E-state index contributed by atoms with van der Waals surface area (Å²) in [6.07, 6.45) is 62.9. The summed E-state index contributed by atoms with van der Waals surface area (Å²) in [5.74, 6) is -1.78. The van der Waals surface area contributed by atoms with Gasteiger partial charge in [0.25, 0.3) is 0 Å². The van der Waals surface area contributed by atoms with Crippen molar-refractivity contribution in [3.63, 3.8) is 0 Å². The molecule has 0 bridgehead atoms. The molecule has 2 atom stereocenters. The topological polar surface area (TPSA) is 102 Å². The number of aliphatic carboxylic acids is 1. The predicted molar refractivity (Wildman–Crippen MR) is 272 cm³/mol. The van der Waals surface area contributed by atoms with Crippen LogP contribution in [0.15, 0.2) is 97.2 Å². The van der Waals surface area contributed by atoms with Crippen molar-refractivity contribution in [3.8, 4) is 0 Å². The number of allylic oxidation sites excluding steroid dienone is 16. The number of hydrogen-bond acceptors (Lipinski definition) is 7. The summed E-state index contributed by atoms with van der Waals surface area (Å²) in [7, 11) is 5.40. The first-order valence-corrected chi connectivity index (χ1v) is 25.8. The van der Waals surface area contributed by atoms with Crippen molar-refractivity contribution in [2.45, 2.75) is 206 Å². The minimum Gasteiger partial charge on any atom is -0.544 e. The maximum absolute atomic E-state index is 12.8. The fraction of sp³-hybridized carbons (Fsp3) is 0.667. The minimum atomic E-state index is -1.13. The average molecular weight is 906 g/mol. The molecule has 0 aromatic carbocycles. The number of hydrogen-bond donors (Lipinski definition) is 0. The van der Waals surface area contributed by atoms with Gasteiger partial charge in [0.1, 0.15) is 12.6 Å². The van der Waals surface area contributed by atoms with E-state index in [0.717, 1.165) is 103 Å². The standard InChI is InChI=1S/C57H95NO7/c1-6-8-10-12-14-16-18-20-22-24-26-28-30-31-33-35-37-39-41-43-45-47-55(59)64-52-53(51-63-50-49-54(57(61)62)58(3,4)5)65-56(60)48-46-44-42-40-38-36-34-32-29-27-25-23-21-19-17-15-13-11-9-7-2/h8-11,14-17,20-23,27,29,34,36,53-54H,6-7,12-13,18-19,24-26,28,30-33,35,37-52H2,1-5H3/b10-8+,11-9+,16-14+,17-15+,22-20+,23-21+,29-27+,36-34+. The van der Waals surface area contributed by atoms with Gasteiger partial charge in [0, 0.05) is 19.3 Å². The van der Waals surface area contributed by atoms with Gasteiger partial charge < -0.3 is 28.6 Å². The highest BCUT2D eigenvalue weighted by Crippen LogP contribution is 2.14. The van der Waals surface area contributed by atoms with E-state index in [1.165, 1.54) is 57.8 Å². The van der Waals surface area contributed by atoms with E-state index in [1.807, 2.05) is 0 Å². The third kappa shape index (κ3) is 45.2. The molecule has 0 aliphatic carbocycles. The number of likely N-dealkylation sites (N-methyl/N-ethyl adjacent to an activating group) is 1. The van der Waals surface area contributed by atoms with E-state index in [9.17, 15) is 19.5 Å². The molecule has 0 amide bonds. The van der Waals surface area contributed by atoms with Crippen molar-refractivity contribution in [2.75, 3.05) is 41.0 Å². The highest BCUT2D eigenvalue weighted by molar-refractivity contribution is 5.70. The predicted octanol–water partition coefficient (Wildman–Crippen LogP) is 13.7. The van der Waals surface area contributed by atoms with Crippen molar-refractivity contribution < 1.29 is 38.2 Å². The summed E-state index contributed by atoms with van der Waals surface area (Å²) < 4.78 is 17.2. The Hall–Kier alpha value is -3.75. The fourth-order valence-corrected chi connectivity index (χ4v) is 7.05. The van der Waals surface area contributed by atoms with E-state index in [-0.39, 0.29) is 49.1 Å². The van der Waals surface area contributed by atoms with E-state index >= 15 is 0 Å². The van der Waals surface area contributed by atoms with Crippen LogP contribution in [0, 0.1) is 0 Å². The van der Waals surface area contributed by atoms with Gasteiger partial charge in [-0.3, -0.25) is 9.59 Å². The quantitative estimate of drug-likeness (QED) is 0.0259. The maximum Gasteiger partial charge on any atom is 0.306 e. The van der Waals surface area contributed by atoms with Crippen molar-refractivity contribution in [2.24, 2.45) is 0 Å². The number of unbranched alkanes of at least 4 members (excludes halogenated alkanes) is 15. The number of carboxylic acids is 1. The van der Waals surface area contributed by atoms with Gasteiger partial charge >= 0.3 is 11.9 Å². The van der Waals surface area contributed by atoms with Crippen LogP contribution in [0.25, 0.3) is 0 Å². The molecule has 2 unspecified atom stereocenters. The number of carboxylic acid groups (broad SMARTS) is 1. The molecule has 0 saturated carbocycles. The molecule has 370 valence electrons. The van der Waals surface area contributed by atoms with Crippen molar-refractivity contribution in [1.82, 2.24) is 0 Å². The summed E-state index contributed by atoms with van der Waals surface area (Å²) in [5, 5.41) is 11.7. The first-order chi connectivity index (χ1) is 31.6. The van der Waals surface area contributed by atoms with Crippen LogP contribution in [0.5, 0.6) is 0 Å². The van der Waals surface area contributed by atoms with Gasteiger partial charge in [0.05, 0.1) is 40.3 Å².